The summed E-state index contributed by atoms with van der Waals surface area (Å²) in [7, 11) is -2.04. The quantitative estimate of drug-likeness (QED) is 0.371. The summed E-state index contributed by atoms with van der Waals surface area (Å²) in [5.74, 6) is -0.138. The Morgan fingerprint density at radius 1 is 1.32 bits per heavy atom. The van der Waals surface area contributed by atoms with Gasteiger partial charge in [-0.15, -0.1) is 0 Å². The van der Waals surface area contributed by atoms with Crippen LogP contribution < -0.4 is 0 Å². The zero-order chi connectivity index (χ0) is 14.5. The fourth-order valence-corrected chi connectivity index (χ4v) is 6.92. The Morgan fingerprint density at radius 2 is 1.89 bits per heavy atom. The zero-order valence-electron chi connectivity index (χ0n) is 12.9. The van der Waals surface area contributed by atoms with E-state index in [2.05, 4.69) is 27.7 Å². The standard InChI is InChI=1S/C14H28O4Si/c1-11(2)19(12(3)4,18-13(5)15)8-6-7-16-9-14-10-17-14/h11-12,14H,6-10H2,1-5H3. The minimum absolute atomic E-state index is 0.138. The summed E-state index contributed by atoms with van der Waals surface area (Å²) in [6.07, 6.45) is 1.29. The van der Waals surface area contributed by atoms with Crippen molar-refractivity contribution in [2.75, 3.05) is 19.8 Å². The van der Waals surface area contributed by atoms with E-state index in [9.17, 15) is 4.79 Å². The van der Waals surface area contributed by atoms with Gasteiger partial charge in [0, 0.05) is 13.5 Å². The van der Waals surface area contributed by atoms with Crippen LogP contribution in [0.2, 0.25) is 17.1 Å². The van der Waals surface area contributed by atoms with Crippen LogP contribution in [0.25, 0.3) is 0 Å². The largest absolute Gasteiger partial charge is 0.519 e. The fraction of sp³-hybridized carbons (Fsp3) is 0.929. The number of rotatable bonds is 9. The summed E-state index contributed by atoms with van der Waals surface area (Å²) in [6.45, 7) is 12.5. The highest BCUT2D eigenvalue weighted by atomic mass is 28.4. The molecular weight excluding hydrogens is 260 g/mol. The van der Waals surface area contributed by atoms with Crippen molar-refractivity contribution >= 4 is 14.3 Å². The number of carbonyl (C=O) groups excluding carboxylic acids is 1. The van der Waals surface area contributed by atoms with Crippen molar-refractivity contribution in [1.29, 1.82) is 0 Å². The summed E-state index contributed by atoms with van der Waals surface area (Å²) in [5.41, 5.74) is 0.867. The molecule has 19 heavy (non-hydrogen) atoms. The van der Waals surface area contributed by atoms with E-state index in [1.807, 2.05) is 0 Å². The Labute approximate surface area is 117 Å². The summed E-state index contributed by atoms with van der Waals surface area (Å²) < 4.78 is 16.5. The first-order chi connectivity index (χ1) is 8.88. The predicted molar refractivity (Wildman–Crippen MR) is 77.7 cm³/mol. The van der Waals surface area contributed by atoms with E-state index in [1.165, 1.54) is 6.92 Å². The molecule has 1 aliphatic heterocycles. The van der Waals surface area contributed by atoms with Crippen molar-refractivity contribution in [3.8, 4) is 0 Å². The summed E-state index contributed by atoms with van der Waals surface area (Å²) in [5, 5.41) is 0. The molecule has 1 fully saturated rings. The van der Waals surface area contributed by atoms with Crippen molar-refractivity contribution in [3.05, 3.63) is 0 Å². The van der Waals surface area contributed by atoms with Crippen LogP contribution in [0.5, 0.6) is 0 Å². The minimum Gasteiger partial charge on any atom is -0.519 e. The molecule has 1 heterocycles. The minimum atomic E-state index is -2.04. The predicted octanol–water partition coefficient (Wildman–Crippen LogP) is 3.12. The highest BCUT2D eigenvalue weighted by Crippen LogP contribution is 2.38. The van der Waals surface area contributed by atoms with E-state index in [-0.39, 0.29) is 5.97 Å². The van der Waals surface area contributed by atoms with Gasteiger partial charge in [-0.25, -0.2) is 0 Å². The third-order valence-electron chi connectivity index (χ3n) is 3.85. The normalized spacial score (nSPS) is 19.0. The summed E-state index contributed by atoms with van der Waals surface area (Å²) >= 11 is 0. The van der Waals surface area contributed by atoms with Gasteiger partial charge in [-0.2, -0.15) is 0 Å². The highest BCUT2D eigenvalue weighted by molar-refractivity contribution is 6.77. The van der Waals surface area contributed by atoms with Crippen molar-refractivity contribution in [2.45, 2.75) is 64.3 Å². The maximum Gasteiger partial charge on any atom is 0.289 e. The zero-order valence-corrected chi connectivity index (χ0v) is 13.9. The van der Waals surface area contributed by atoms with Gasteiger partial charge in [0.05, 0.1) is 13.2 Å². The molecule has 0 aliphatic carbocycles. The van der Waals surface area contributed by atoms with Crippen LogP contribution in [-0.4, -0.2) is 40.2 Å². The van der Waals surface area contributed by atoms with Crippen LogP contribution in [0.15, 0.2) is 0 Å². The highest BCUT2D eigenvalue weighted by Gasteiger charge is 2.44. The Kier molecular flexibility index (Phi) is 6.49. The van der Waals surface area contributed by atoms with Gasteiger partial charge in [0.25, 0.3) is 14.3 Å². The number of hydrogen-bond acceptors (Lipinski definition) is 4. The topological polar surface area (TPSA) is 48.1 Å². The van der Waals surface area contributed by atoms with Crippen molar-refractivity contribution in [1.82, 2.24) is 0 Å². The average Bonchev–Trinajstić information content (AvgIpc) is 3.09. The van der Waals surface area contributed by atoms with E-state index >= 15 is 0 Å². The molecule has 1 atom stereocenters. The first kappa shape index (κ1) is 16.7. The van der Waals surface area contributed by atoms with E-state index < -0.39 is 8.32 Å². The van der Waals surface area contributed by atoms with Crippen LogP contribution in [0.3, 0.4) is 0 Å². The van der Waals surface area contributed by atoms with Crippen molar-refractivity contribution in [2.24, 2.45) is 0 Å². The van der Waals surface area contributed by atoms with Crippen LogP contribution in [0.4, 0.5) is 0 Å². The van der Waals surface area contributed by atoms with Crippen molar-refractivity contribution in [3.63, 3.8) is 0 Å². The Hall–Kier alpha value is -0.393. The Morgan fingerprint density at radius 3 is 2.32 bits per heavy atom. The van der Waals surface area contributed by atoms with Gasteiger partial charge in [0.1, 0.15) is 6.10 Å². The molecule has 0 aromatic carbocycles. The lowest BCUT2D eigenvalue weighted by Crippen LogP contribution is -2.46. The molecule has 0 amide bonds. The molecule has 1 aliphatic rings. The molecular formula is C14H28O4Si. The van der Waals surface area contributed by atoms with Crippen molar-refractivity contribution < 1.29 is 18.7 Å². The molecule has 0 saturated carbocycles. The summed E-state index contributed by atoms with van der Waals surface area (Å²) in [6, 6.07) is 0.980. The number of hydrogen-bond donors (Lipinski definition) is 0. The average molecular weight is 288 g/mol. The lowest BCUT2D eigenvalue weighted by Gasteiger charge is -2.37. The molecule has 0 N–H and O–H groups in total. The van der Waals surface area contributed by atoms with Gasteiger partial charge in [0.2, 0.25) is 0 Å². The lowest BCUT2D eigenvalue weighted by atomic mass is 10.5. The molecule has 0 spiro atoms. The van der Waals surface area contributed by atoms with Gasteiger partial charge >= 0.3 is 0 Å². The Bertz CT molecular complexity index is 279. The molecule has 4 nitrogen and oxygen atoms in total. The smallest absolute Gasteiger partial charge is 0.289 e. The van der Waals surface area contributed by atoms with Crippen LogP contribution in [-0.2, 0) is 18.7 Å². The van der Waals surface area contributed by atoms with E-state index in [0.717, 1.165) is 25.7 Å². The van der Waals surface area contributed by atoms with Gasteiger partial charge in [-0.05, 0) is 23.5 Å². The first-order valence-corrected chi connectivity index (χ1v) is 9.54. The third-order valence-corrected chi connectivity index (χ3v) is 9.56. The first-order valence-electron chi connectivity index (χ1n) is 7.27. The number of epoxide rings is 1. The molecule has 0 bridgehead atoms. The van der Waals surface area contributed by atoms with Gasteiger partial charge < -0.3 is 13.9 Å². The van der Waals surface area contributed by atoms with Gasteiger partial charge in [-0.3, -0.25) is 4.79 Å². The van der Waals surface area contributed by atoms with Gasteiger partial charge in [-0.1, -0.05) is 27.7 Å². The van der Waals surface area contributed by atoms with E-state index in [0.29, 0.717) is 23.8 Å². The molecule has 1 unspecified atom stereocenters. The second-order valence-corrected chi connectivity index (χ2v) is 10.9. The molecule has 0 aromatic rings. The maximum absolute atomic E-state index is 11.4. The molecule has 1 rings (SSSR count). The summed E-state index contributed by atoms with van der Waals surface area (Å²) in [4.78, 5) is 11.4. The van der Waals surface area contributed by atoms with Gasteiger partial charge in [0.15, 0.2) is 0 Å². The molecule has 1 saturated heterocycles. The number of ether oxygens (including phenoxy) is 2. The van der Waals surface area contributed by atoms with Crippen LogP contribution in [0, 0.1) is 0 Å². The second kappa shape index (κ2) is 7.41. The molecule has 0 aromatic heterocycles. The SMILES string of the molecule is CC(=O)O[Si](CCCOCC1CO1)(C(C)C)C(C)C. The molecule has 0 radical (unpaired) electrons. The van der Waals surface area contributed by atoms with Crippen LogP contribution >= 0.6 is 0 Å². The fourth-order valence-electron chi connectivity index (χ4n) is 2.63. The second-order valence-electron chi connectivity index (χ2n) is 5.99. The lowest BCUT2D eigenvalue weighted by molar-refractivity contribution is -0.133. The monoisotopic (exact) mass is 288 g/mol. The van der Waals surface area contributed by atoms with Crippen LogP contribution in [0.1, 0.15) is 41.0 Å². The number of carbonyl (C=O) groups is 1. The maximum atomic E-state index is 11.4. The molecule has 112 valence electrons. The third kappa shape index (κ3) is 5.24. The Balaban J connectivity index is 2.43. The van der Waals surface area contributed by atoms with E-state index in [4.69, 9.17) is 13.9 Å². The molecule has 5 heteroatoms. The van der Waals surface area contributed by atoms with E-state index in [1.54, 1.807) is 0 Å².